The number of benzene rings is 4. The number of fused-ring (bicyclic) bond motifs is 2. The van der Waals surface area contributed by atoms with Crippen molar-refractivity contribution in [2.24, 2.45) is 0 Å². The smallest absolute Gasteiger partial charge is 0.336 e. The van der Waals surface area contributed by atoms with Crippen molar-refractivity contribution in [2.75, 3.05) is 0 Å². The number of hydrogen-bond acceptors (Lipinski definition) is 4. The van der Waals surface area contributed by atoms with E-state index in [9.17, 15) is 9.59 Å². The van der Waals surface area contributed by atoms with Crippen LogP contribution in [0.25, 0.3) is 21.9 Å². The molecule has 0 bridgehead atoms. The molecule has 0 radical (unpaired) electrons. The van der Waals surface area contributed by atoms with Crippen molar-refractivity contribution in [1.82, 2.24) is 0 Å². The molecule has 2 heterocycles. The van der Waals surface area contributed by atoms with Gasteiger partial charge in [-0.2, -0.15) is 0 Å². The first-order chi connectivity index (χ1) is 19.5. The van der Waals surface area contributed by atoms with Crippen molar-refractivity contribution < 1.29 is 8.83 Å². The van der Waals surface area contributed by atoms with Crippen molar-refractivity contribution in [3.63, 3.8) is 0 Å². The molecule has 0 amide bonds. The van der Waals surface area contributed by atoms with Crippen LogP contribution < -0.4 is 11.3 Å². The standard InChI is InChI=1S/C34H22Cl2O4/c35-21-13-9-19(10-14-21)31-33(25-17-29(37)39-27-7-3-1-5-23(25)27)32(20-11-15-22(36)16-12-20)34(31)26-18-30(38)40-28-8-4-2-6-24(26)28/h1-18,31-34H. The van der Waals surface area contributed by atoms with Crippen molar-refractivity contribution in [2.45, 2.75) is 23.7 Å². The van der Waals surface area contributed by atoms with E-state index in [0.29, 0.717) is 21.2 Å². The predicted molar refractivity (Wildman–Crippen MR) is 159 cm³/mol. The summed E-state index contributed by atoms with van der Waals surface area (Å²) in [6, 6.07) is 34.2. The summed E-state index contributed by atoms with van der Waals surface area (Å²) < 4.78 is 11.2. The topological polar surface area (TPSA) is 60.4 Å². The number of halogens is 2. The van der Waals surface area contributed by atoms with E-state index in [2.05, 4.69) is 0 Å². The molecule has 7 rings (SSSR count). The molecule has 1 saturated carbocycles. The Morgan fingerprint density at radius 2 is 0.850 bits per heavy atom. The zero-order valence-corrected chi connectivity index (χ0v) is 22.6. The summed E-state index contributed by atoms with van der Waals surface area (Å²) >= 11 is 12.6. The van der Waals surface area contributed by atoms with E-state index in [1.165, 1.54) is 0 Å². The van der Waals surface area contributed by atoms with Gasteiger partial charge in [0.05, 0.1) is 0 Å². The molecule has 196 valence electrons. The van der Waals surface area contributed by atoms with Gasteiger partial charge in [0.25, 0.3) is 0 Å². The second-order valence-corrected chi connectivity index (χ2v) is 11.1. The Hall–Kier alpha value is -4.12. The average molecular weight is 565 g/mol. The van der Waals surface area contributed by atoms with Crippen molar-refractivity contribution in [1.29, 1.82) is 0 Å². The molecule has 0 unspecified atom stereocenters. The van der Waals surface area contributed by atoms with Gasteiger partial charge in [0.1, 0.15) is 11.2 Å². The maximum atomic E-state index is 12.8. The van der Waals surface area contributed by atoms with Crippen LogP contribution in [0.3, 0.4) is 0 Å². The minimum absolute atomic E-state index is 0.0756. The zero-order valence-electron chi connectivity index (χ0n) is 21.1. The predicted octanol–water partition coefficient (Wildman–Crippen LogP) is 8.65. The fourth-order valence-corrected chi connectivity index (χ4v) is 6.80. The van der Waals surface area contributed by atoms with E-state index in [-0.39, 0.29) is 23.7 Å². The molecule has 1 fully saturated rings. The summed E-state index contributed by atoms with van der Waals surface area (Å²) in [4.78, 5) is 25.7. The Morgan fingerprint density at radius 1 is 0.475 bits per heavy atom. The lowest BCUT2D eigenvalue weighted by molar-refractivity contribution is 0.230. The molecule has 0 saturated heterocycles. The van der Waals surface area contributed by atoms with Crippen LogP contribution in [0.1, 0.15) is 45.9 Å². The van der Waals surface area contributed by atoms with E-state index in [0.717, 1.165) is 33.0 Å². The average Bonchev–Trinajstić information content (AvgIpc) is 2.94. The Labute approximate surface area is 239 Å². The van der Waals surface area contributed by atoms with Crippen molar-refractivity contribution in [3.8, 4) is 0 Å². The number of hydrogen-bond donors (Lipinski definition) is 0. The van der Waals surface area contributed by atoms with Gasteiger partial charge in [-0.25, -0.2) is 9.59 Å². The van der Waals surface area contributed by atoms with Gasteiger partial charge >= 0.3 is 11.3 Å². The molecule has 4 aromatic carbocycles. The van der Waals surface area contributed by atoms with Gasteiger partial charge in [-0.1, -0.05) is 83.9 Å². The van der Waals surface area contributed by atoms with Crippen LogP contribution >= 0.6 is 23.2 Å². The van der Waals surface area contributed by atoms with Crippen molar-refractivity contribution in [3.05, 3.63) is 162 Å². The van der Waals surface area contributed by atoms with E-state index in [1.54, 1.807) is 12.1 Å². The highest BCUT2D eigenvalue weighted by Gasteiger charge is 2.54. The number of para-hydroxylation sites is 2. The number of rotatable bonds is 4. The Bertz CT molecular complexity index is 1840. The summed E-state index contributed by atoms with van der Waals surface area (Å²) in [6.45, 7) is 0. The van der Waals surface area contributed by atoms with Crippen LogP contribution in [0.15, 0.2) is 128 Å². The van der Waals surface area contributed by atoms with Gasteiger partial charge in [-0.15, -0.1) is 0 Å². The van der Waals surface area contributed by atoms with Crippen LogP contribution in [-0.4, -0.2) is 0 Å². The van der Waals surface area contributed by atoms with Crippen molar-refractivity contribution >= 4 is 45.1 Å². The first-order valence-electron chi connectivity index (χ1n) is 13.0. The highest BCUT2D eigenvalue weighted by Crippen LogP contribution is 2.67. The minimum Gasteiger partial charge on any atom is -0.423 e. The van der Waals surface area contributed by atoms with Crippen LogP contribution in [0.5, 0.6) is 0 Å². The SMILES string of the molecule is O=c1cc(C2C(c3ccc(Cl)cc3)C(c3cc(=O)oc4ccccc34)C2c2ccc(Cl)cc2)c2ccccc2o1. The molecule has 0 aliphatic heterocycles. The summed E-state index contributed by atoms with van der Waals surface area (Å²) in [5.74, 6) is -0.360. The van der Waals surface area contributed by atoms with Gasteiger partial charge in [0.15, 0.2) is 0 Å². The highest BCUT2D eigenvalue weighted by atomic mass is 35.5. The van der Waals surface area contributed by atoms with Gasteiger partial charge in [0, 0.05) is 33.0 Å². The summed E-state index contributed by atoms with van der Waals surface area (Å²) in [6.07, 6.45) is 0. The molecule has 40 heavy (non-hydrogen) atoms. The third-order valence-electron chi connectivity index (χ3n) is 8.14. The Balaban J connectivity index is 1.54. The minimum atomic E-state index is -0.396. The van der Waals surface area contributed by atoms with E-state index in [4.69, 9.17) is 32.0 Å². The third kappa shape index (κ3) is 4.16. The Kier molecular flexibility index (Phi) is 6.10. The van der Waals surface area contributed by atoms with Crippen LogP contribution in [0.4, 0.5) is 0 Å². The lowest BCUT2D eigenvalue weighted by Gasteiger charge is -2.54. The molecule has 2 aromatic heterocycles. The lowest BCUT2D eigenvalue weighted by atomic mass is 9.49. The van der Waals surface area contributed by atoms with E-state index in [1.807, 2.05) is 97.1 Å². The third-order valence-corrected chi connectivity index (χ3v) is 8.64. The highest BCUT2D eigenvalue weighted by molar-refractivity contribution is 6.30. The molecule has 0 atom stereocenters. The van der Waals surface area contributed by atoms with Gasteiger partial charge in [0.2, 0.25) is 0 Å². The fourth-order valence-electron chi connectivity index (χ4n) is 6.55. The first kappa shape index (κ1) is 24.9. The van der Waals surface area contributed by atoms with E-state index >= 15 is 0 Å². The first-order valence-corrected chi connectivity index (χ1v) is 13.8. The van der Waals surface area contributed by atoms with E-state index < -0.39 is 11.3 Å². The maximum Gasteiger partial charge on any atom is 0.336 e. The summed E-state index contributed by atoms with van der Waals surface area (Å²) in [7, 11) is 0. The summed E-state index contributed by atoms with van der Waals surface area (Å²) in [5, 5.41) is 3.06. The van der Waals surface area contributed by atoms with Crippen LogP contribution in [0, 0.1) is 0 Å². The van der Waals surface area contributed by atoms with Crippen LogP contribution in [0.2, 0.25) is 10.0 Å². The second kappa shape index (κ2) is 9.81. The van der Waals surface area contributed by atoms with Gasteiger partial charge in [-0.3, -0.25) is 0 Å². The molecule has 1 aliphatic carbocycles. The van der Waals surface area contributed by atoms with Gasteiger partial charge < -0.3 is 8.83 Å². The molecular formula is C34H22Cl2O4. The fraction of sp³-hybridized carbons (Fsp3) is 0.118. The van der Waals surface area contributed by atoms with Crippen LogP contribution in [-0.2, 0) is 0 Å². The maximum absolute atomic E-state index is 12.8. The summed E-state index contributed by atoms with van der Waals surface area (Å²) in [5.41, 5.74) is 4.26. The molecule has 4 nitrogen and oxygen atoms in total. The Morgan fingerprint density at radius 3 is 1.25 bits per heavy atom. The monoisotopic (exact) mass is 564 g/mol. The molecular weight excluding hydrogens is 543 g/mol. The quantitative estimate of drug-likeness (QED) is 0.201. The molecule has 0 N–H and O–H groups in total. The lowest BCUT2D eigenvalue weighted by Crippen LogP contribution is -2.41. The molecule has 0 spiro atoms. The molecule has 6 heteroatoms. The normalized spacial score (nSPS) is 20.4. The second-order valence-electron chi connectivity index (χ2n) is 10.2. The van der Waals surface area contributed by atoms with Gasteiger partial charge in [-0.05, 0) is 82.3 Å². The largest absolute Gasteiger partial charge is 0.423 e. The molecule has 6 aromatic rings. The molecule has 1 aliphatic rings. The zero-order chi connectivity index (χ0) is 27.4.